The Morgan fingerprint density at radius 3 is 2.58 bits per heavy atom. The number of aromatic nitrogens is 2. The molecule has 0 radical (unpaired) electrons. The molecule has 0 atom stereocenters. The number of amides is 1. The van der Waals surface area contributed by atoms with Crippen LogP contribution >= 0.6 is 0 Å². The molecule has 0 aliphatic carbocycles. The molecular weight excluding hydrogens is 349 g/mol. The number of nitrogens with one attached hydrogen (secondary N) is 1. The standard InChI is InChI=1S/C13H13F3N4O3S/c1-8(21)19-10-2-3-11(12(4-10)24(17,22)23)20-7-9(6-18-20)5-13(14,15)16/h2-4,6-7H,5H2,1H3,(H,19,21)(H2,17,22,23). The average Bonchev–Trinajstić information content (AvgIpc) is 2.83. The molecule has 24 heavy (non-hydrogen) atoms. The second kappa shape index (κ2) is 6.24. The van der Waals surface area contributed by atoms with Crippen LogP contribution in [0.4, 0.5) is 18.9 Å². The quantitative estimate of drug-likeness (QED) is 0.861. The van der Waals surface area contributed by atoms with Crippen molar-refractivity contribution in [2.75, 3.05) is 5.32 Å². The molecule has 130 valence electrons. The van der Waals surface area contributed by atoms with Gasteiger partial charge < -0.3 is 5.32 Å². The molecule has 0 saturated carbocycles. The fourth-order valence-electron chi connectivity index (χ4n) is 2.03. The van der Waals surface area contributed by atoms with Crippen LogP contribution in [0, 0.1) is 0 Å². The van der Waals surface area contributed by atoms with Crippen LogP contribution in [-0.2, 0) is 21.2 Å². The molecule has 0 spiro atoms. The number of rotatable bonds is 4. The molecule has 7 nitrogen and oxygen atoms in total. The van der Waals surface area contributed by atoms with Gasteiger partial charge in [0.25, 0.3) is 0 Å². The predicted octanol–water partition coefficient (Wildman–Crippen LogP) is 1.58. The first-order valence-corrected chi connectivity index (χ1v) is 8.05. The fourth-order valence-corrected chi connectivity index (χ4v) is 2.77. The van der Waals surface area contributed by atoms with Crippen molar-refractivity contribution < 1.29 is 26.4 Å². The van der Waals surface area contributed by atoms with Gasteiger partial charge in [0.2, 0.25) is 15.9 Å². The zero-order valence-corrected chi connectivity index (χ0v) is 13.1. The van der Waals surface area contributed by atoms with Crippen molar-refractivity contribution in [2.24, 2.45) is 5.14 Å². The van der Waals surface area contributed by atoms with Gasteiger partial charge in [0.1, 0.15) is 4.90 Å². The summed E-state index contributed by atoms with van der Waals surface area (Å²) in [6.45, 7) is 1.24. The molecule has 3 N–H and O–H groups in total. The van der Waals surface area contributed by atoms with Crippen molar-refractivity contribution in [1.29, 1.82) is 0 Å². The lowest BCUT2D eigenvalue weighted by Gasteiger charge is -2.10. The summed E-state index contributed by atoms with van der Waals surface area (Å²) in [5.74, 6) is -0.422. The lowest BCUT2D eigenvalue weighted by molar-refractivity contribution is -0.127. The van der Waals surface area contributed by atoms with Crippen LogP contribution in [0.5, 0.6) is 0 Å². The highest BCUT2D eigenvalue weighted by atomic mass is 32.2. The first-order chi connectivity index (χ1) is 11.0. The molecule has 0 bridgehead atoms. The van der Waals surface area contributed by atoms with Crippen molar-refractivity contribution in [3.63, 3.8) is 0 Å². The summed E-state index contributed by atoms with van der Waals surface area (Å²) in [6, 6.07) is 3.78. The number of benzene rings is 1. The summed E-state index contributed by atoms with van der Waals surface area (Å²) in [4.78, 5) is 10.7. The molecule has 1 aromatic heterocycles. The third kappa shape index (κ3) is 4.55. The Kier molecular flexibility index (Phi) is 4.67. The monoisotopic (exact) mass is 362 g/mol. The molecule has 1 amide bonds. The lowest BCUT2D eigenvalue weighted by Crippen LogP contribution is -2.16. The SMILES string of the molecule is CC(=O)Nc1ccc(-n2cc(CC(F)(F)F)cn2)c(S(N)(=O)=O)c1. The highest BCUT2D eigenvalue weighted by Crippen LogP contribution is 2.25. The fraction of sp³-hybridized carbons (Fsp3) is 0.231. The number of carbonyl (C=O) groups excluding carboxylic acids is 1. The maximum atomic E-state index is 12.4. The molecular formula is C13H13F3N4O3S. The van der Waals surface area contributed by atoms with Crippen LogP contribution in [0.3, 0.4) is 0 Å². The number of carbonyl (C=O) groups is 1. The highest BCUT2D eigenvalue weighted by Gasteiger charge is 2.28. The molecule has 2 aromatic rings. The molecule has 2 rings (SSSR count). The van der Waals surface area contributed by atoms with Crippen LogP contribution in [-0.4, -0.2) is 30.3 Å². The summed E-state index contributed by atoms with van der Waals surface area (Å²) in [5.41, 5.74) is 0.0202. The molecule has 0 unspecified atom stereocenters. The maximum absolute atomic E-state index is 12.4. The van der Waals surface area contributed by atoms with Gasteiger partial charge in [0, 0.05) is 18.8 Å². The first kappa shape index (κ1) is 17.9. The summed E-state index contributed by atoms with van der Waals surface area (Å²) in [6.07, 6.45) is -3.55. The maximum Gasteiger partial charge on any atom is 0.393 e. The first-order valence-electron chi connectivity index (χ1n) is 6.51. The van der Waals surface area contributed by atoms with E-state index in [2.05, 4.69) is 10.4 Å². The number of hydrogen-bond acceptors (Lipinski definition) is 4. The van der Waals surface area contributed by atoms with Gasteiger partial charge in [-0.05, 0) is 23.8 Å². The minimum absolute atomic E-state index is 0.0278. The Morgan fingerprint density at radius 1 is 1.38 bits per heavy atom. The van der Waals surface area contributed by atoms with Crippen molar-refractivity contribution in [3.8, 4) is 5.69 Å². The molecule has 1 aromatic carbocycles. The molecule has 1 heterocycles. The third-order valence-corrected chi connectivity index (χ3v) is 3.81. The number of anilines is 1. The number of hydrogen-bond donors (Lipinski definition) is 2. The van der Waals surface area contributed by atoms with Crippen molar-refractivity contribution in [2.45, 2.75) is 24.4 Å². The van der Waals surface area contributed by atoms with Crippen LogP contribution < -0.4 is 10.5 Å². The van der Waals surface area contributed by atoms with E-state index in [1.807, 2.05) is 0 Å². The van der Waals surface area contributed by atoms with Gasteiger partial charge in [-0.25, -0.2) is 18.2 Å². The zero-order chi connectivity index (χ0) is 18.1. The number of halogens is 3. The summed E-state index contributed by atoms with van der Waals surface area (Å²) < 4.78 is 61.7. The van der Waals surface area contributed by atoms with E-state index in [1.54, 1.807) is 0 Å². The topological polar surface area (TPSA) is 107 Å². The Morgan fingerprint density at radius 2 is 2.04 bits per heavy atom. The average molecular weight is 362 g/mol. The van der Waals surface area contributed by atoms with E-state index in [-0.39, 0.29) is 21.8 Å². The summed E-state index contributed by atoms with van der Waals surface area (Å²) in [5, 5.41) is 11.3. The van der Waals surface area contributed by atoms with Gasteiger partial charge in [-0.2, -0.15) is 18.3 Å². The number of sulfonamides is 1. The number of primary sulfonamides is 1. The van der Waals surface area contributed by atoms with Crippen molar-refractivity contribution >= 4 is 21.6 Å². The second-order valence-electron chi connectivity index (χ2n) is 4.99. The Hall–Kier alpha value is -2.40. The smallest absolute Gasteiger partial charge is 0.326 e. The lowest BCUT2D eigenvalue weighted by atomic mass is 10.2. The molecule has 0 aliphatic rings. The molecule has 0 fully saturated rings. The molecule has 11 heteroatoms. The Balaban J connectivity index is 2.48. The number of nitrogens with zero attached hydrogens (tertiary/aromatic N) is 2. The van der Waals surface area contributed by atoms with E-state index in [0.29, 0.717) is 0 Å². The van der Waals surface area contributed by atoms with Crippen LogP contribution in [0.1, 0.15) is 12.5 Å². The van der Waals surface area contributed by atoms with Gasteiger partial charge in [-0.3, -0.25) is 4.79 Å². The third-order valence-electron chi connectivity index (χ3n) is 2.87. The van der Waals surface area contributed by atoms with E-state index in [1.165, 1.54) is 19.1 Å². The zero-order valence-electron chi connectivity index (χ0n) is 12.3. The number of alkyl halides is 3. The number of nitrogens with two attached hydrogens (primary N) is 1. The minimum atomic E-state index is -4.41. The van der Waals surface area contributed by atoms with E-state index in [4.69, 9.17) is 5.14 Å². The van der Waals surface area contributed by atoms with Crippen molar-refractivity contribution in [1.82, 2.24) is 9.78 Å². The minimum Gasteiger partial charge on any atom is -0.326 e. The van der Waals surface area contributed by atoms with Gasteiger partial charge in [0.15, 0.2) is 0 Å². The highest BCUT2D eigenvalue weighted by molar-refractivity contribution is 7.89. The van der Waals surface area contributed by atoms with Crippen LogP contribution in [0.15, 0.2) is 35.5 Å². The predicted molar refractivity (Wildman–Crippen MR) is 79.0 cm³/mol. The van der Waals surface area contributed by atoms with Crippen LogP contribution in [0.2, 0.25) is 0 Å². The Labute approximate surface area is 135 Å². The van der Waals surface area contributed by atoms with E-state index >= 15 is 0 Å². The van der Waals surface area contributed by atoms with Gasteiger partial charge in [0.05, 0.1) is 18.3 Å². The summed E-state index contributed by atoms with van der Waals surface area (Å²) >= 11 is 0. The Bertz CT molecular complexity index is 875. The van der Waals surface area contributed by atoms with Gasteiger partial charge in [-0.15, -0.1) is 0 Å². The van der Waals surface area contributed by atoms with E-state index in [0.717, 1.165) is 23.1 Å². The van der Waals surface area contributed by atoms with Crippen molar-refractivity contribution in [3.05, 3.63) is 36.2 Å². The van der Waals surface area contributed by atoms with Crippen LogP contribution in [0.25, 0.3) is 5.69 Å². The summed E-state index contributed by atoms with van der Waals surface area (Å²) in [7, 11) is -4.20. The second-order valence-corrected chi connectivity index (χ2v) is 6.52. The van der Waals surface area contributed by atoms with E-state index in [9.17, 15) is 26.4 Å². The largest absolute Gasteiger partial charge is 0.393 e. The normalized spacial score (nSPS) is 12.2. The molecule has 0 saturated heterocycles. The van der Waals surface area contributed by atoms with Gasteiger partial charge in [-0.1, -0.05) is 0 Å². The van der Waals surface area contributed by atoms with Gasteiger partial charge >= 0.3 is 6.18 Å². The van der Waals surface area contributed by atoms with E-state index < -0.39 is 28.5 Å². The molecule has 0 aliphatic heterocycles.